The summed E-state index contributed by atoms with van der Waals surface area (Å²) in [5.74, 6) is 1.99. The number of nitrogens with one attached hydrogen (secondary N) is 2. The number of methoxy groups -OCH3 is 1. The third-order valence-electron chi connectivity index (χ3n) is 5.24. The lowest BCUT2D eigenvalue weighted by atomic mass is 10.2. The van der Waals surface area contributed by atoms with E-state index in [0.29, 0.717) is 44.9 Å². The van der Waals surface area contributed by atoms with Crippen molar-refractivity contribution in [2.75, 3.05) is 25.5 Å². The molecule has 34 heavy (non-hydrogen) atoms. The summed E-state index contributed by atoms with van der Waals surface area (Å²) in [6.45, 7) is 1.95. The van der Waals surface area contributed by atoms with Crippen molar-refractivity contribution in [2.24, 2.45) is 0 Å². The molecular weight excluding hydrogens is 458 g/mol. The summed E-state index contributed by atoms with van der Waals surface area (Å²) < 4.78 is 17.3. The van der Waals surface area contributed by atoms with E-state index < -0.39 is 0 Å². The molecule has 1 aromatic carbocycles. The van der Waals surface area contributed by atoms with E-state index in [1.165, 1.54) is 6.33 Å². The van der Waals surface area contributed by atoms with Crippen molar-refractivity contribution in [1.29, 1.82) is 0 Å². The molecule has 1 fully saturated rings. The molecular formula is C23H22ClN7O3. The second kappa shape index (κ2) is 10.0. The number of fused-ring (bicyclic) bond motifs is 1. The molecule has 1 saturated heterocycles. The van der Waals surface area contributed by atoms with Gasteiger partial charge in [0, 0.05) is 30.7 Å². The molecule has 1 atom stereocenters. The Morgan fingerprint density at radius 1 is 1.15 bits per heavy atom. The lowest BCUT2D eigenvalue weighted by Gasteiger charge is -2.16. The molecule has 1 aliphatic heterocycles. The number of hydrogen-bond acceptors (Lipinski definition) is 10. The van der Waals surface area contributed by atoms with Crippen LogP contribution in [0.5, 0.6) is 17.4 Å². The van der Waals surface area contributed by atoms with E-state index in [-0.39, 0.29) is 12.7 Å². The molecule has 0 radical (unpaired) electrons. The van der Waals surface area contributed by atoms with E-state index >= 15 is 0 Å². The first kappa shape index (κ1) is 22.1. The predicted octanol–water partition coefficient (Wildman–Crippen LogP) is 3.54. The normalized spacial score (nSPS) is 15.3. The Bertz CT molecular complexity index is 1290. The van der Waals surface area contributed by atoms with E-state index in [0.717, 1.165) is 25.2 Å². The summed E-state index contributed by atoms with van der Waals surface area (Å²) in [6.07, 6.45) is 7.28. The van der Waals surface area contributed by atoms with Crippen LogP contribution in [0.2, 0.25) is 5.02 Å². The molecule has 1 aliphatic rings. The zero-order chi connectivity index (χ0) is 23.3. The Morgan fingerprint density at radius 3 is 2.85 bits per heavy atom. The summed E-state index contributed by atoms with van der Waals surface area (Å²) in [4.78, 5) is 21.6. The summed E-state index contributed by atoms with van der Waals surface area (Å²) in [5, 5.41) is 6.99. The van der Waals surface area contributed by atoms with Crippen LogP contribution in [0.4, 0.5) is 11.5 Å². The minimum absolute atomic E-state index is 0.0353. The Kier molecular flexibility index (Phi) is 6.50. The molecule has 3 aromatic heterocycles. The first-order chi connectivity index (χ1) is 16.7. The molecule has 0 spiro atoms. The Morgan fingerprint density at radius 2 is 2.09 bits per heavy atom. The molecule has 174 valence electrons. The molecule has 0 bridgehead atoms. The number of hydrogen-bond donors (Lipinski definition) is 2. The van der Waals surface area contributed by atoms with Gasteiger partial charge in [0.15, 0.2) is 11.6 Å². The van der Waals surface area contributed by atoms with Gasteiger partial charge in [0.2, 0.25) is 0 Å². The van der Waals surface area contributed by atoms with Gasteiger partial charge < -0.3 is 24.8 Å². The van der Waals surface area contributed by atoms with Crippen molar-refractivity contribution >= 4 is 34.1 Å². The lowest BCUT2D eigenvalue weighted by molar-refractivity contribution is 0.204. The lowest BCUT2D eigenvalue weighted by Crippen LogP contribution is -2.20. The molecule has 11 heteroatoms. The van der Waals surface area contributed by atoms with Crippen molar-refractivity contribution in [3.63, 3.8) is 0 Å². The van der Waals surface area contributed by atoms with Crippen LogP contribution < -0.4 is 24.8 Å². The third kappa shape index (κ3) is 4.92. The monoisotopic (exact) mass is 479 g/mol. The number of rotatable bonds is 8. The van der Waals surface area contributed by atoms with Gasteiger partial charge in [-0.1, -0.05) is 11.6 Å². The SMILES string of the molecule is COc1cc2ncnc(Nc3ccc(OCc4cnccn4)c(Cl)c3)c2nc1O[C@H]1CCNC1. The maximum absolute atomic E-state index is 6.45. The predicted molar refractivity (Wildman–Crippen MR) is 127 cm³/mol. The number of benzene rings is 1. The molecule has 10 nitrogen and oxygen atoms in total. The van der Waals surface area contributed by atoms with E-state index in [4.69, 9.17) is 25.8 Å². The molecule has 5 rings (SSSR count). The maximum atomic E-state index is 6.45. The van der Waals surface area contributed by atoms with E-state index in [1.807, 2.05) is 6.07 Å². The molecule has 4 heterocycles. The van der Waals surface area contributed by atoms with E-state index in [2.05, 4.69) is 35.6 Å². The van der Waals surface area contributed by atoms with Gasteiger partial charge in [0.05, 0.1) is 29.5 Å². The Balaban J connectivity index is 1.37. The molecule has 0 unspecified atom stereocenters. The van der Waals surface area contributed by atoms with Crippen LogP contribution in [0.1, 0.15) is 12.1 Å². The third-order valence-corrected chi connectivity index (χ3v) is 5.54. The number of halogens is 1. The van der Waals surface area contributed by atoms with Gasteiger partial charge in [0.25, 0.3) is 5.88 Å². The van der Waals surface area contributed by atoms with Gasteiger partial charge in [-0.15, -0.1) is 0 Å². The van der Waals surface area contributed by atoms with Crippen LogP contribution in [0, 0.1) is 0 Å². The number of anilines is 2. The number of pyridine rings is 1. The molecule has 0 amide bonds. The van der Waals surface area contributed by atoms with Crippen LogP contribution in [-0.2, 0) is 6.61 Å². The van der Waals surface area contributed by atoms with E-state index in [1.54, 1.807) is 43.9 Å². The molecule has 4 aromatic rings. The zero-order valence-corrected chi connectivity index (χ0v) is 19.1. The topological polar surface area (TPSA) is 116 Å². The number of aromatic nitrogens is 5. The van der Waals surface area contributed by atoms with E-state index in [9.17, 15) is 0 Å². The van der Waals surface area contributed by atoms with Crippen molar-refractivity contribution in [3.05, 3.63) is 59.9 Å². The fourth-order valence-electron chi connectivity index (χ4n) is 3.55. The molecule has 0 aliphatic carbocycles. The highest BCUT2D eigenvalue weighted by atomic mass is 35.5. The van der Waals surface area contributed by atoms with Crippen LogP contribution in [-0.4, -0.2) is 51.2 Å². The van der Waals surface area contributed by atoms with Crippen molar-refractivity contribution in [3.8, 4) is 17.4 Å². The van der Waals surface area contributed by atoms with Crippen LogP contribution in [0.3, 0.4) is 0 Å². The first-order valence-electron chi connectivity index (χ1n) is 10.7. The molecule has 0 saturated carbocycles. The minimum atomic E-state index is 0.0353. The van der Waals surface area contributed by atoms with Crippen molar-refractivity contribution in [2.45, 2.75) is 19.1 Å². The second-order valence-corrected chi connectivity index (χ2v) is 7.98. The average Bonchev–Trinajstić information content (AvgIpc) is 3.37. The summed E-state index contributed by atoms with van der Waals surface area (Å²) in [5.41, 5.74) is 2.61. The number of nitrogens with zero attached hydrogens (tertiary/aromatic N) is 5. The summed E-state index contributed by atoms with van der Waals surface area (Å²) >= 11 is 6.45. The quantitative estimate of drug-likeness (QED) is 0.388. The zero-order valence-electron chi connectivity index (χ0n) is 18.4. The highest BCUT2D eigenvalue weighted by molar-refractivity contribution is 6.32. The average molecular weight is 480 g/mol. The molecule has 2 N–H and O–H groups in total. The van der Waals surface area contributed by atoms with Crippen molar-refractivity contribution < 1.29 is 14.2 Å². The van der Waals surface area contributed by atoms with Crippen LogP contribution in [0.25, 0.3) is 11.0 Å². The highest BCUT2D eigenvalue weighted by Crippen LogP contribution is 2.34. The summed E-state index contributed by atoms with van der Waals surface area (Å²) in [7, 11) is 1.58. The van der Waals surface area contributed by atoms with Gasteiger partial charge in [-0.05, 0) is 31.2 Å². The first-order valence-corrected chi connectivity index (χ1v) is 11.1. The van der Waals surface area contributed by atoms with Crippen LogP contribution in [0.15, 0.2) is 49.2 Å². The largest absolute Gasteiger partial charge is 0.491 e. The fourth-order valence-corrected chi connectivity index (χ4v) is 3.78. The van der Waals surface area contributed by atoms with Crippen LogP contribution >= 0.6 is 11.6 Å². The minimum Gasteiger partial charge on any atom is -0.491 e. The number of ether oxygens (including phenoxy) is 3. The standard InChI is InChI=1S/C23H22ClN7O3/c1-32-20-9-18-21(31-23(20)34-16-4-5-25-11-16)22(29-13-28-18)30-14-2-3-19(17(24)8-14)33-12-15-10-26-6-7-27-15/h2-3,6-10,13,16,25H,4-5,11-12H2,1H3,(H,28,29,30)/t16-/m0/s1. The van der Waals surface area contributed by atoms with Crippen molar-refractivity contribution in [1.82, 2.24) is 30.2 Å². The highest BCUT2D eigenvalue weighted by Gasteiger charge is 2.21. The Labute approximate surface area is 200 Å². The van der Waals surface area contributed by atoms with Gasteiger partial charge in [-0.25, -0.2) is 15.0 Å². The van der Waals surface area contributed by atoms with Gasteiger partial charge in [-0.2, -0.15) is 0 Å². The van der Waals surface area contributed by atoms with Gasteiger partial charge in [0.1, 0.15) is 30.3 Å². The second-order valence-electron chi connectivity index (χ2n) is 7.57. The maximum Gasteiger partial charge on any atom is 0.258 e. The smallest absolute Gasteiger partial charge is 0.258 e. The van der Waals surface area contributed by atoms with Gasteiger partial charge >= 0.3 is 0 Å². The Hall–Kier alpha value is -3.76. The fraction of sp³-hybridized carbons (Fsp3) is 0.261. The summed E-state index contributed by atoms with van der Waals surface area (Å²) in [6, 6.07) is 7.18. The van der Waals surface area contributed by atoms with Gasteiger partial charge in [-0.3, -0.25) is 9.97 Å².